The predicted molar refractivity (Wildman–Crippen MR) is 90.9 cm³/mol. The van der Waals surface area contributed by atoms with Gasteiger partial charge in [-0.3, -0.25) is 0 Å². The van der Waals surface area contributed by atoms with Crippen LogP contribution in [0.2, 0.25) is 18.1 Å². The Hall–Kier alpha value is -0.903. The number of rotatable bonds is 4. The lowest BCUT2D eigenvalue weighted by Gasteiger charge is -2.39. The highest BCUT2D eigenvalue weighted by atomic mass is 32.1. The lowest BCUT2D eigenvalue weighted by Crippen LogP contribution is -2.42. The van der Waals surface area contributed by atoms with Gasteiger partial charge in [-0.1, -0.05) is 51.1 Å². The third kappa shape index (κ3) is 3.40. The second-order valence-corrected chi connectivity index (χ2v) is 12.3. The zero-order valence-electron chi connectivity index (χ0n) is 13.0. The summed E-state index contributed by atoms with van der Waals surface area (Å²) in [6.07, 6.45) is 0.0586. The molecule has 20 heavy (non-hydrogen) atoms. The molecule has 0 unspecified atom stereocenters. The van der Waals surface area contributed by atoms with E-state index < -0.39 is 8.32 Å². The Morgan fingerprint density at radius 1 is 1.00 bits per heavy atom. The fourth-order valence-corrected chi connectivity index (χ4v) is 3.74. The lowest BCUT2D eigenvalue weighted by molar-refractivity contribution is 0.222. The van der Waals surface area contributed by atoms with Gasteiger partial charge in [-0.15, -0.1) is 0 Å². The molecule has 0 saturated carbocycles. The summed E-state index contributed by atoms with van der Waals surface area (Å²) in [5, 5.41) is 4.54. The van der Waals surface area contributed by atoms with E-state index in [4.69, 9.17) is 4.43 Å². The van der Waals surface area contributed by atoms with Crippen molar-refractivity contribution in [3.8, 4) is 0 Å². The van der Waals surface area contributed by atoms with Gasteiger partial charge in [-0.2, -0.15) is 11.3 Å². The third-order valence-corrected chi connectivity index (χ3v) is 9.31. The van der Waals surface area contributed by atoms with Gasteiger partial charge in [0.05, 0.1) is 6.10 Å². The molecule has 0 fully saturated rings. The number of hydrogen-bond donors (Lipinski definition) is 0. The van der Waals surface area contributed by atoms with Crippen LogP contribution < -0.4 is 0 Å². The van der Waals surface area contributed by atoms with Crippen molar-refractivity contribution in [3.63, 3.8) is 0 Å². The van der Waals surface area contributed by atoms with Crippen LogP contribution in [0.15, 0.2) is 47.2 Å². The van der Waals surface area contributed by atoms with E-state index >= 15 is 0 Å². The molecular formula is C17H24OSSi. The molecule has 2 aromatic rings. The van der Waals surface area contributed by atoms with Crippen LogP contribution in [0.3, 0.4) is 0 Å². The molecule has 1 heterocycles. The average molecular weight is 305 g/mol. The van der Waals surface area contributed by atoms with Crippen molar-refractivity contribution in [1.29, 1.82) is 0 Å². The maximum absolute atomic E-state index is 6.68. The van der Waals surface area contributed by atoms with Gasteiger partial charge in [0.25, 0.3) is 0 Å². The molecule has 0 aliphatic rings. The minimum absolute atomic E-state index is 0.0586. The highest BCUT2D eigenvalue weighted by Gasteiger charge is 2.39. The Morgan fingerprint density at radius 2 is 1.65 bits per heavy atom. The zero-order chi connectivity index (χ0) is 14.8. The summed E-state index contributed by atoms with van der Waals surface area (Å²) in [6, 6.07) is 12.7. The van der Waals surface area contributed by atoms with Gasteiger partial charge >= 0.3 is 0 Å². The first-order chi connectivity index (χ1) is 9.31. The fourth-order valence-electron chi connectivity index (χ4n) is 1.85. The number of benzene rings is 1. The van der Waals surface area contributed by atoms with Crippen LogP contribution in [0.25, 0.3) is 0 Å². The smallest absolute Gasteiger partial charge is 0.193 e. The van der Waals surface area contributed by atoms with Crippen LogP contribution in [0.5, 0.6) is 0 Å². The second kappa shape index (κ2) is 5.84. The Morgan fingerprint density at radius 3 is 2.15 bits per heavy atom. The second-order valence-electron chi connectivity index (χ2n) is 6.73. The van der Waals surface area contributed by atoms with Crippen molar-refractivity contribution in [2.45, 2.75) is 45.0 Å². The normalized spacial score (nSPS) is 14.2. The van der Waals surface area contributed by atoms with Crippen LogP contribution in [0.1, 0.15) is 38.0 Å². The summed E-state index contributed by atoms with van der Waals surface area (Å²) in [5.41, 5.74) is 2.52. The first-order valence-corrected chi connectivity index (χ1v) is 10.9. The SMILES string of the molecule is CC(C)(C)[Si](C)(C)O[C@@H](c1ccccc1)c1ccsc1. The van der Waals surface area contributed by atoms with Gasteiger partial charge in [0.1, 0.15) is 0 Å². The van der Waals surface area contributed by atoms with E-state index in [1.165, 1.54) is 11.1 Å². The highest BCUT2D eigenvalue weighted by Crippen LogP contribution is 2.41. The maximum Gasteiger partial charge on any atom is 0.193 e. The molecule has 1 aromatic carbocycles. The van der Waals surface area contributed by atoms with E-state index in [9.17, 15) is 0 Å². The van der Waals surface area contributed by atoms with E-state index in [1.54, 1.807) is 11.3 Å². The first-order valence-electron chi connectivity index (χ1n) is 7.06. The molecule has 3 heteroatoms. The Kier molecular flexibility index (Phi) is 4.52. The molecule has 108 valence electrons. The summed E-state index contributed by atoms with van der Waals surface area (Å²) >= 11 is 1.73. The largest absolute Gasteiger partial charge is 0.406 e. The molecule has 0 radical (unpaired) electrons. The molecule has 0 saturated heterocycles. The molecule has 0 bridgehead atoms. The molecule has 0 spiro atoms. The summed E-state index contributed by atoms with van der Waals surface area (Å²) < 4.78 is 6.68. The first kappa shape index (κ1) is 15.5. The minimum Gasteiger partial charge on any atom is -0.406 e. The Bertz CT molecular complexity index is 526. The van der Waals surface area contributed by atoms with E-state index in [0.29, 0.717) is 0 Å². The van der Waals surface area contributed by atoms with Crippen LogP contribution in [0, 0.1) is 0 Å². The number of hydrogen-bond acceptors (Lipinski definition) is 2. The summed E-state index contributed by atoms with van der Waals surface area (Å²) in [4.78, 5) is 0. The maximum atomic E-state index is 6.68. The molecule has 0 amide bonds. The van der Waals surface area contributed by atoms with Crippen molar-refractivity contribution in [2.75, 3.05) is 0 Å². The van der Waals surface area contributed by atoms with Crippen molar-refractivity contribution < 1.29 is 4.43 Å². The van der Waals surface area contributed by atoms with Crippen LogP contribution in [0.4, 0.5) is 0 Å². The zero-order valence-corrected chi connectivity index (χ0v) is 14.8. The van der Waals surface area contributed by atoms with E-state index in [1.807, 2.05) is 0 Å². The van der Waals surface area contributed by atoms with Crippen molar-refractivity contribution in [2.24, 2.45) is 0 Å². The Balaban J connectivity index is 2.35. The van der Waals surface area contributed by atoms with Gasteiger partial charge in [0.2, 0.25) is 0 Å². The van der Waals surface area contributed by atoms with Gasteiger partial charge in [0, 0.05) is 0 Å². The predicted octanol–water partition coefficient (Wildman–Crippen LogP) is 5.86. The molecule has 1 atom stereocenters. The van der Waals surface area contributed by atoms with E-state index in [2.05, 4.69) is 81.0 Å². The lowest BCUT2D eigenvalue weighted by atomic mass is 10.1. The van der Waals surface area contributed by atoms with Gasteiger partial charge in [-0.25, -0.2) is 0 Å². The quantitative estimate of drug-likeness (QED) is 0.643. The highest BCUT2D eigenvalue weighted by molar-refractivity contribution is 7.08. The summed E-state index contributed by atoms with van der Waals surface area (Å²) in [7, 11) is -1.80. The topological polar surface area (TPSA) is 9.23 Å². The average Bonchev–Trinajstić information content (AvgIpc) is 2.89. The molecule has 1 nitrogen and oxygen atoms in total. The van der Waals surface area contributed by atoms with Crippen LogP contribution in [-0.4, -0.2) is 8.32 Å². The van der Waals surface area contributed by atoms with Gasteiger partial charge in [0.15, 0.2) is 8.32 Å². The standard InChI is InChI=1S/C17H24OSSi/c1-17(2,3)20(4,5)18-16(15-11-12-19-13-15)14-9-7-6-8-10-14/h6-13,16H,1-5H3/t16-/m0/s1. The van der Waals surface area contributed by atoms with Crippen LogP contribution in [-0.2, 0) is 4.43 Å². The Labute approximate surface area is 127 Å². The van der Waals surface area contributed by atoms with Gasteiger partial charge in [-0.05, 0) is 46.1 Å². The fraction of sp³-hybridized carbons (Fsp3) is 0.412. The van der Waals surface area contributed by atoms with E-state index in [0.717, 1.165) is 0 Å². The van der Waals surface area contributed by atoms with Gasteiger partial charge < -0.3 is 4.43 Å². The monoisotopic (exact) mass is 304 g/mol. The minimum atomic E-state index is -1.80. The molecule has 0 N–H and O–H groups in total. The molecule has 0 aliphatic heterocycles. The summed E-state index contributed by atoms with van der Waals surface area (Å²) in [5.74, 6) is 0. The van der Waals surface area contributed by atoms with E-state index in [-0.39, 0.29) is 11.1 Å². The van der Waals surface area contributed by atoms with Crippen molar-refractivity contribution >= 4 is 19.7 Å². The summed E-state index contributed by atoms with van der Waals surface area (Å²) in [6.45, 7) is 11.5. The van der Waals surface area contributed by atoms with Crippen LogP contribution >= 0.6 is 11.3 Å². The number of thiophene rings is 1. The van der Waals surface area contributed by atoms with Crippen molar-refractivity contribution in [3.05, 3.63) is 58.3 Å². The third-order valence-electron chi connectivity index (χ3n) is 4.17. The molecular weight excluding hydrogens is 280 g/mol. The van der Waals surface area contributed by atoms with Crippen molar-refractivity contribution in [1.82, 2.24) is 0 Å². The molecule has 2 rings (SSSR count). The molecule has 0 aliphatic carbocycles. The molecule has 1 aromatic heterocycles.